The number of pyridine rings is 1. The van der Waals surface area contributed by atoms with Gasteiger partial charge < -0.3 is 25.8 Å². The highest BCUT2D eigenvalue weighted by atomic mass is 35.5. The van der Waals surface area contributed by atoms with Crippen molar-refractivity contribution in [3.8, 4) is 17.2 Å². The van der Waals surface area contributed by atoms with Gasteiger partial charge in [-0.15, -0.1) is 0 Å². The number of rotatable bonds is 6. The fourth-order valence-corrected chi connectivity index (χ4v) is 3.02. The maximum atomic E-state index is 11.9. The normalized spacial score (nSPS) is 10.7. The lowest BCUT2D eigenvalue weighted by Gasteiger charge is -2.14. The van der Waals surface area contributed by atoms with Crippen LogP contribution in [0.15, 0.2) is 42.6 Å². The molecule has 156 valence electrons. The van der Waals surface area contributed by atoms with E-state index in [1.807, 2.05) is 13.8 Å². The summed E-state index contributed by atoms with van der Waals surface area (Å²) in [5.41, 5.74) is 6.69. The highest BCUT2D eigenvalue weighted by molar-refractivity contribution is 6.33. The van der Waals surface area contributed by atoms with Crippen LogP contribution < -0.4 is 25.8 Å². The van der Waals surface area contributed by atoms with Crippen molar-refractivity contribution in [3.05, 3.63) is 53.2 Å². The van der Waals surface area contributed by atoms with Crippen molar-refractivity contribution < 1.29 is 19.1 Å². The van der Waals surface area contributed by atoms with Crippen molar-refractivity contribution in [2.75, 3.05) is 12.4 Å². The number of hydrogen-bond donors (Lipinski definition) is 3. The van der Waals surface area contributed by atoms with Gasteiger partial charge in [-0.3, -0.25) is 9.78 Å². The Morgan fingerprint density at radius 3 is 2.53 bits per heavy atom. The maximum Gasteiger partial charge on any atom is 0.319 e. The monoisotopic (exact) mass is 428 g/mol. The Labute approximate surface area is 178 Å². The SMILES string of the molecule is COc1cc2nccc(Oc3ccc(NC(=O)NC(C)C)c(Cl)c3)c2cc1C(N)=O. The van der Waals surface area contributed by atoms with Crippen LogP contribution >= 0.6 is 11.6 Å². The summed E-state index contributed by atoms with van der Waals surface area (Å²) in [6.45, 7) is 3.72. The Morgan fingerprint density at radius 1 is 1.13 bits per heavy atom. The number of carbonyl (C=O) groups excluding carboxylic acids is 2. The number of carbonyl (C=O) groups is 2. The quantitative estimate of drug-likeness (QED) is 0.540. The zero-order chi connectivity index (χ0) is 21.8. The van der Waals surface area contributed by atoms with Gasteiger partial charge in [-0.2, -0.15) is 0 Å². The molecule has 0 saturated heterocycles. The fourth-order valence-electron chi connectivity index (χ4n) is 2.81. The summed E-state index contributed by atoms with van der Waals surface area (Å²) in [5, 5.41) is 6.30. The van der Waals surface area contributed by atoms with Gasteiger partial charge >= 0.3 is 6.03 Å². The van der Waals surface area contributed by atoms with Crippen molar-refractivity contribution in [2.45, 2.75) is 19.9 Å². The second-order valence-corrected chi connectivity index (χ2v) is 7.15. The number of halogens is 1. The molecule has 3 amide bonds. The fraction of sp³-hybridized carbons (Fsp3) is 0.190. The molecular weight excluding hydrogens is 408 g/mol. The van der Waals surface area contributed by atoms with E-state index < -0.39 is 5.91 Å². The number of nitrogens with two attached hydrogens (primary N) is 1. The van der Waals surface area contributed by atoms with Gasteiger partial charge in [0.1, 0.15) is 17.2 Å². The van der Waals surface area contributed by atoms with Crippen LogP contribution in [0.1, 0.15) is 24.2 Å². The maximum absolute atomic E-state index is 11.9. The van der Waals surface area contributed by atoms with E-state index in [1.54, 1.807) is 42.6 Å². The van der Waals surface area contributed by atoms with Gasteiger partial charge in [0.25, 0.3) is 5.91 Å². The molecule has 8 nitrogen and oxygen atoms in total. The van der Waals surface area contributed by atoms with Crippen LogP contribution in [0.4, 0.5) is 10.5 Å². The summed E-state index contributed by atoms with van der Waals surface area (Å²) < 4.78 is 11.2. The lowest BCUT2D eigenvalue weighted by Crippen LogP contribution is -2.34. The number of fused-ring (bicyclic) bond motifs is 1. The minimum Gasteiger partial charge on any atom is -0.496 e. The second-order valence-electron chi connectivity index (χ2n) is 6.74. The average molecular weight is 429 g/mol. The first kappa shape index (κ1) is 21.2. The molecule has 4 N–H and O–H groups in total. The molecule has 0 bridgehead atoms. The number of nitrogens with zero attached hydrogens (tertiary/aromatic N) is 1. The number of methoxy groups -OCH3 is 1. The second kappa shape index (κ2) is 8.87. The van der Waals surface area contributed by atoms with Crippen molar-refractivity contribution in [3.63, 3.8) is 0 Å². The van der Waals surface area contributed by atoms with Crippen molar-refractivity contribution in [2.24, 2.45) is 5.73 Å². The Kier molecular flexibility index (Phi) is 6.27. The molecule has 3 aromatic rings. The van der Waals surface area contributed by atoms with Crippen molar-refractivity contribution in [1.82, 2.24) is 10.3 Å². The number of amides is 3. The summed E-state index contributed by atoms with van der Waals surface area (Å²) in [7, 11) is 1.45. The molecule has 0 aliphatic carbocycles. The van der Waals surface area contributed by atoms with Crippen molar-refractivity contribution in [1.29, 1.82) is 0 Å². The number of hydrogen-bond acceptors (Lipinski definition) is 5. The molecule has 0 spiro atoms. The van der Waals surface area contributed by atoms with Gasteiger partial charge in [-0.1, -0.05) is 11.6 Å². The number of anilines is 1. The summed E-state index contributed by atoms with van der Waals surface area (Å²) in [5.74, 6) is 0.609. The molecule has 3 rings (SSSR count). The van der Waals surface area contributed by atoms with Crippen LogP contribution in [-0.4, -0.2) is 30.1 Å². The topological polar surface area (TPSA) is 116 Å². The highest BCUT2D eigenvalue weighted by Crippen LogP contribution is 2.35. The first-order valence-corrected chi connectivity index (χ1v) is 9.47. The Morgan fingerprint density at radius 2 is 1.90 bits per heavy atom. The minimum atomic E-state index is -0.623. The molecule has 30 heavy (non-hydrogen) atoms. The van der Waals surface area contributed by atoms with E-state index in [0.717, 1.165) is 0 Å². The third-order valence-electron chi connectivity index (χ3n) is 4.12. The molecule has 9 heteroatoms. The summed E-state index contributed by atoms with van der Waals surface area (Å²) >= 11 is 6.29. The van der Waals surface area contributed by atoms with Crippen molar-refractivity contribution >= 4 is 40.1 Å². The molecule has 0 radical (unpaired) electrons. The molecule has 0 fully saturated rings. The lowest BCUT2D eigenvalue weighted by atomic mass is 10.1. The zero-order valence-corrected chi connectivity index (χ0v) is 17.4. The molecule has 2 aromatic carbocycles. The summed E-state index contributed by atoms with van der Waals surface area (Å²) in [6.07, 6.45) is 1.58. The van der Waals surface area contributed by atoms with Crippen LogP contribution in [0, 0.1) is 0 Å². The van der Waals surface area contributed by atoms with Crippen LogP contribution in [-0.2, 0) is 0 Å². The van der Waals surface area contributed by atoms with Gasteiger partial charge in [0.05, 0.1) is 28.9 Å². The number of benzene rings is 2. The Balaban J connectivity index is 1.91. The molecule has 1 heterocycles. The van der Waals surface area contributed by atoms with E-state index in [1.165, 1.54) is 7.11 Å². The third-order valence-corrected chi connectivity index (χ3v) is 4.44. The van der Waals surface area contributed by atoms with Crippen LogP contribution in [0.25, 0.3) is 10.9 Å². The van der Waals surface area contributed by atoms with E-state index in [2.05, 4.69) is 15.6 Å². The number of ether oxygens (including phenoxy) is 2. The highest BCUT2D eigenvalue weighted by Gasteiger charge is 2.15. The van der Waals surface area contributed by atoms with E-state index >= 15 is 0 Å². The molecule has 0 unspecified atom stereocenters. The number of aromatic nitrogens is 1. The standard InChI is InChI=1S/C21H21ClN4O4/c1-11(2)25-21(28)26-16-5-4-12(8-15(16)22)30-18-6-7-24-17-10-19(29-3)14(20(23)27)9-13(17)18/h4-11H,1-3H3,(H2,23,27)(H2,25,26,28). The third kappa shape index (κ3) is 4.72. The van der Waals surface area contributed by atoms with Gasteiger partial charge in [-0.25, -0.2) is 4.79 Å². The molecule has 0 saturated carbocycles. The van der Waals surface area contributed by atoms with Gasteiger partial charge in [0.2, 0.25) is 0 Å². The van der Waals surface area contributed by atoms with Gasteiger partial charge in [-0.05, 0) is 38.1 Å². The summed E-state index contributed by atoms with van der Waals surface area (Å²) in [6, 6.07) is 9.39. The largest absolute Gasteiger partial charge is 0.496 e. The van der Waals surface area contributed by atoms with E-state index in [9.17, 15) is 9.59 Å². The molecule has 1 aromatic heterocycles. The lowest BCUT2D eigenvalue weighted by molar-refractivity contribution is 0.0997. The first-order chi connectivity index (χ1) is 14.3. The number of urea groups is 1. The smallest absolute Gasteiger partial charge is 0.319 e. The molecule has 0 atom stereocenters. The van der Waals surface area contributed by atoms with Crippen LogP contribution in [0.3, 0.4) is 0 Å². The Hall–Kier alpha value is -3.52. The van der Waals surface area contributed by atoms with Gasteiger partial charge in [0.15, 0.2) is 0 Å². The first-order valence-electron chi connectivity index (χ1n) is 9.10. The molecule has 0 aliphatic heterocycles. The van der Waals surface area contributed by atoms with Gasteiger partial charge in [0, 0.05) is 29.8 Å². The zero-order valence-electron chi connectivity index (χ0n) is 16.7. The van der Waals surface area contributed by atoms with E-state index in [-0.39, 0.29) is 17.6 Å². The Bertz CT molecular complexity index is 1120. The van der Waals surface area contributed by atoms with Crippen LogP contribution in [0.5, 0.6) is 17.2 Å². The summed E-state index contributed by atoms with van der Waals surface area (Å²) in [4.78, 5) is 27.9. The number of nitrogens with one attached hydrogen (secondary N) is 2. The predicted molar refractivity (Wildman–Crippen MR) is 116 cm³/mol. The van der Waals surface area contributed by atoms with E-state index in [4.69, 9.17) is 26.8 Å². The minimum absolute atomic E-state index is 0.00438. The van der Waals surface area contributed by atoms with E-state index in [0.29, 0.717) is 38.9 Å². The van der Waals surface area contributed by atoms with Crippen LogP contribution in [0.2, 0.25) is 5.02 Å². The predicted octanol–water partition coefficient (Wildman–Crippen LogP) is 4.32. The number of primary amides is 1. The molecular formula is C21H21ClN4O4. The average Bonchev–Trinajstić information content (AvgIpc) is 2.68. The molecule has 0 aliphatic rings.